The number of aromatic nitrogens is 3. The fraction of sp³-hybridized carbons (Fsp3) is 0.250. The van der Waals surface area contributed by atoms with Gasteiger partial charge in [-0.3, -0.25) is 4.57 Å². The van der Waals surface area contributed by atoms with Gasteiger partial charge in [0, 0.05) is 7.05 Å². The quantitative estimate of drug-likeness (QED) is 0.439. The lowest BCUT2D eigenvalue weighted by Crippen LogP contribution is -2.18. The zero-order chi connectivity index (χ0) is 5.98. The Balaban J connectivity index is 3.35. The Bertz CT molecular complexity index is 229. The lowest BCUT2D eigenvalue weighted by Gasteiger charge is -1.87. The molecule has 0 aliphatic carbocycles. The Morgan fingerprint density at radius 1 is 1.75 bits per heavy atom. The molecule has 0 saturated heterocycles. The van der Waals surface area contributed by atoms with Crippen LogP contribution in [-0.4, -0.2) is 14.5 Å². The number of rotatable bonds is 0. The molecule has 0 fully saturated rings. The van der Waals surface area contributed by atoms with Crippen LogP contribution in [-0.2, 0) is 7.05 Å². The van der Waals surface area contributed by atoms with E-state index >= 15 is 0 Å². The maximum Gasteiger partial charge on any atom is 0.349 e. The Kier molecular flexibility index (Phi) is 1.07. The van der Waals surface area contributed by atoms with Crippen LogP contribution < -0.4 is 5.69 Å². The second-order valence-electron chi connectivity index (χ2n) is 1.40. The topological polar surface area (TPSA) is 47.8 Å². The molecule has 1 aromatic rings. The van der Waals surface area contributed by atoms with E-state index in [-0.39, 0.29) is 5.69 Å². The lowest BCUT2D eigenvalue weighted by atomic mass is 11.0. The van der Waals surface area contributed by atoms with E-state index < -0.39 is 0 Å². The predicted octanol–water partition coefficient (Wildman–Crippen LogP) is -0.825. The van der Waals surface area contributed by atoms with E-state index in [0.29, 0.717) is 0 Å². The van der Waals surface area contributed by atoms with Gasteiger partial charge in [-0.1, -0.05) is 0 Å². The zero-order valence-corrected chi connectivity index (χ0v) is 4.40. The third kappa shape index (κ3) is 0.726. The summed E-state index contributed by atoms with van der Waals surface area (Å²) in [6, 6.07) is 0. The summed E-state index contributed by atoms with van der Waals surface area (Å²) in [4.78, 5) is 17.4. The number of hydrogen-bond donors (Lipinski definition) is 0. The molecule has 0 aromatic carbocycles. The summed E-state index contributed by atoms with van der Waals surface area (Å²) in [5.41, 5.74) is -0.278. The van der Waals surface area contributed by atoms with Crippen molar-refractivity contribution in [2.24, 2.45) is 7.05 Å². The third-order valence-corrected chi connectivity index (χ3v) is 0.776. The maximum atomic E-state index is 10.4. The van der Waals surface area contributed by atoms with Gasteiger partial charge in [-0.05, 0) is 0 Å². The Hall–Kier alpha value is -1.19. The summed E-state index contributed by atoms with van der Waals surface area (Å²) in [5, 5.41) is 0. The van der Waals surface area contributed by atoms with Gasteiger partial charge >= 0.3 is 5.69 Å². The van der Waals surface area contributed by atoms with Crippen molar-refractivity contribution in [3.05, 3.63) is 23.1 Å². The average Bonchev–Trinajstić information content (AvgIpc) is 1.77. The molecular weight excluding hydrogens is 106 g/mol. The molecule has 0 aliphatic heterocycles. The summed E-state index contributed by atoms with van der Waals surface area (Å²) in [5.74, 6) is 0. The molecule has 1 aromatic heterocycles. The van der Waals surface area contributed by atoms with Crippen molar-refractivity contribution in [3.8, 4) is 0 Å². The van der Waals surface area contributed by atoms with E-state index in [9.17, 15) is 4.79 Å². The highest BCUT2D eigenvalue weighted by atomic mass is 16.1. The third-order valence-electron chi connectivity index (χ3n) is 0.776. The highest BCUT2D eigenvalue weighted by Gasteiger charge is 1.82. The number of aryl methyl sites for hydroxylation is 1. The second kappa shape index (κ2) is 1.73. The van der Waals surface area contributed by atoms with Crippen LogP contribution in [0.1, 0.15) is 0 Å². The standard InChI is InChI=1S/C4H5N3O/c1-7-3-5-2-6-4(7)8/h2-3H,1H3. The minimum atomic E-state index is -0.278. The number of hydrogen-bond acceptors (Lipinski definition) is 3. The molecular formula is C4H5N3O. The zero-order valence-electron chi connectivity index (χ0n) is 4.40. The van der Waals surface area contributed by atoms with Crippen LogP contribution in [0.4, 0.5) is 0 Å². The summed E-state index contributed by atoms with van der Waals surface area (Å²) in [7, 11) is 1.60. The first-order valence-electron chi connectivity index (χ1n) is 2.13. The SMILES string of the molecule is Cn1cncnc1=O. The second-order valence-corrected chi connectivity index (χ2v) is 1.40. The first kappa shape index (κ1) is 4.96. The molecule has 0 N–H and O–H groups in total. The van der Waals surface area contributed by atoms with Gasteiger partial charge in [0.15, 0.2) is 0 Å². The molecule has 42 valence electrons. The van der Waals surface area contributed by atoms with Crippen LogP contribution in [0.3, 0.4) is 0 Å². The molecule has 1 heterocycles. The average molecular weight is 111 g/mol. The van der Waals surface area contributed by atoms with Crippen molar-refractivity contribution >= 4 is 0 Å². The molecule has 4 heteroatoms. The molecule has 0 atom stereocenters. The molecule has 0 amide bonds. The fourth-order valence-corrected chi connectivity index (χ4v) is 0.353. The van der Waals surface area contributed by atoms with Crippen molar-refractivity contribution in [3.63, 3.8) is 0 Å². The molecule has 0 unspecified atom stereocenters. The Morgan fingerprint density at radius 2 is 2.50 bits per heavy atom. The van der Waals surface area contributed by atoms with E-state index in [2.05, 4.69) is 9.97 Å². The molecule has 0 spiro atoms. The molecule has 0 radical (unpaired) electrons. The van der Waals surface area contributed by atoms with Crippen LogP contribution in [0.15, 0.2) is 17.4 Å². The molecule has 1 rings (SSSR count). The van der Waals surface area contributed by atoms with E-state index in [0.717, 1.165) is 0 Å². The van der Waals surface area contributed by atoms with Crippen LogP contribution in [0.5, 0.6) is 0 Å². The maximum absolute atomic E-state index is 10.4. The summed E-state index contributed by atoms with van der Waals surface area (Å²) >= 11 is 0. The highest BCUT2D eigenvalue weighted by molar-refractivity contribution is 4.61. The molecule has 0 aliphatic rings. The first-order chi connectivity index (χ1) is 3.80. The molecule has 0 saturated carbocycles. The molecule has 8 heavy (non-hydrogen) atoms. The van der Waals surface area contributed by atoms with Crippen LogP contribution in [0.25, 0.3) is 0 Å². The minimum absolute atomic E-state index is 0.278. The van der Waals surface area contributed by atoms with Crippen LogP contribution >= 0.6 is 0 Å². The molecule has 0 bridgehead atoms. The minimum Gasteiger partial charge on any atom is -0.286 e. The smallest absolute Gasteiger partial charge is 0.286 e. The van der Waals surface area contributed by atoms with Crippen LogP contribution in [0, 0.1) is 0 Å². The van der Waals surface area contributed by atoms with Crippen LogP contribution in [0.2, 0.25) is 0 Å². The van der Waals surface area contributed by atoms with Gasteiger partial charge in [0.1, 0.15) is 12.7 Å². The molecule has 4 nitrogen and oxygen atoms in total. The summed E-state index contributed by atoms with van der Waals surface area (Å²) in [6.45, 7) is 0. The van der Waals surface area contributed by atoms with E-state index in [4.69, 9.17) is 0 Å². The Morgan fingerprint density at radius 3 is 2.88 bits per heavy atom. The fourth-order valence-electron chi connectivity index (χ4n) is 0.353. The van der Waals surface area contributed by atoms with Crippen molar-refractivity contribution in [1.82, 2.24) is 14.5 Å². The van der Waals surface area contributed by atoms with Gasteiger partial charge in [0.05, 0.1) is 0 Å². The van der Waals surface area contributed by atoms with E-state index in [1.807, 2.05) is 0 Å². The van der Waals surface area contributed by atoms with Gasteiger partial charge in [-0.25, -0.2) is 9.78 Å². The van der Waals surface area contributed by atoms with Crippen molar-refractivity contribution in [2.45, 2.75) is 0 Å². The van der Waals surface area contributed by atoms with Gasteiger partial charge in [-0.15, -0.1) is 0 Å². The van der Waals surface area contributed by atoms with Crippen molar-refractivity contribution in [2.75, 3.05) is 0 Å². The first-order valence-corrected chi connectivity index (χ1v) is 2.13. The van der Waals surface area contributed by atoms with E-state index in [1.165, 1.54) is 17.2 Å². The largest absolute Gasteiger partial charge is 0.349 e. The normalized spacial score (nSPS) is 9.12. The lowest BCUT2D eigenvalue weighted by molar-refractivity contribution is 0.770. The van der Waals surface area contributed by atoms with Crippen molar-refractivity contribution in [1.29, 1.82) is 0 Å². The summed E-state index contributed by atoms with van der Waals surface area (Å²) in [6.07, 6.45) is 2.64. The van der Waals surface area contributed by atoms with Crippen molar-refractivity contribution < 1.29 is 0 Å². The van der Waals surface area contributed by atoms with Gasteiger partial charge in [0.2, 0.25) is 0 Å². The number of nitrogens with zero attached hydrogens (tertiary/aromatic N) is 3. The van der Waals surface area contributed by atoms with Gasteiger partial charge in [0.25, 0.3) is 0 Å². The predicted molar refractivity (Wildman–Crippen MR) is 27.3 cm³/mol. The van der Waals surface area contributed by atoms with E-state index in [1.54, 1.807) is 7.05 Å². The van der Waals surface area contributed by atoms with Gasteiger partial charge in [-0.2, -0.15) is 4.98 Å². The Labute approximate surface area is 45.8 Å². The van der Waals surface area contributed by atoms with Gasteiger partial charge < -0.3 is 0 Å². The monoisotopic (exact) mass is 111 g/mol. The summed E-state index contributed by atoms with van der Waals surface area (Å²) < 4.78 is 1.31. The highest BCUT2D eigenvalue weighted by Crippen LogP contribution is 1.59.